The van der Waals surface area contributed by atoms with E-state index in [1.807, 2.05) is 4.31 Å². The van der Waals surface area contributed by atoms with Gasteiger partial charge in [-0.15, -0.1) is 5.10 Å². The van der Waals surface area contributed by atoms with E-state index in [1.54, 1.807) is 29.4 Å². The van der Waals surface area contributed by atoms with Crippen molar-refractivity contribution in [2.75, 3.05) is 31.3 Å². The highest BCUT2D eigenvalue weighted by molar-refractivity contribution is 7.81. The molecule has 3 atom stereocenters. The fourth-order valence-electron chi connectivity index (χ4n) is 3.64. The van der Waals surface area contributed by atoms with Crippen LogP contribution in [0, 0.1) is 5.92 Å². The number of hydrogen-bond acceptors (Lipinski definition) is 7. The normalized spacial score (nSPS) is 21.0. The van der Waals surface area contributed by atoms with Gasteiger partial charge < -0.3 is 10.1 Å². The van der Waals surface area contributed by atoms with E-state index in [4.69, 9.17) is 4.74 Å². The first-order chi connectivity index (χ1) is 14.6. The third kappa shape index (κ3) is 4.31. The zero-order valence-corrected chi connectivity index (χ0v) is 18.4. The number of aromatic amines is 1. The van der Waals surface area contributed by atoms with E-state index in [1.165, 1.54) is 0 Å². The number of aromatic nitrogens is 6. The number of H-pyrrole nitrogens is 1. The van der Waals surface area contributed by atoms with Gasteiger partial charge in [-0.2, -0.15) is 14.6 Å². The van der Waals surface area contributed by atoms with Gasteiger partial charge in [0.25, 0.3) is 0 Å². The summed E-state index contributed by atoms with van der Waals surface area (Å²) in [6.07, 6.45) is 9.78. The standard InChI is InChI=1S/C19H28N8O2S/c1-4-5-8-29-18-17(14-9-21-22-10-14)20-11-16-24-19(25-27(16)18)23-15-6-7-26(30(3)28)12-13(15)2/h9-11,13,15H,4-8,12H2,1-3H3,(H,21,22)(H,23,25). The molecule has 1 aliphatic rings. The van der Waals surface area contributed by atoms with E-state index < -0.39 is 11.0 Å². The molecule has 0 aliphatic carbocycles. The predicted molar refractivity (Wildman–Crippen MR) is 116 cm³/mol. The van der Waals surface area contributed by atoms with E-state index >= 15 is 0 Å². The van der Waals surface area contributed by atoms with Gasteiger partial charge >= 0.3 is 0 Å². The SMILES string of the molecule is CCCCOc1c(-c2cn[nH]c2)ncc2nc(NC3CCN(S(C)=O)CC3C)nn12. The van der Waals surface area contributed by atoms with Crippen LogP contribution < -0.4 is 10.1 Å². The van der Waals surface area contributed by atoms with Gasteiger partial charge in [-0.3, -0.25) is 5.10 Å². The van der Waals surface area contributed by atoms with Gasteiger partial charge in [0, 0.05) is 37.1 Å². The summed E-state index contributed by atoms with van der Waals surface area (Å²) in [5.74, 6) is 1.44. The topological polar surface area (TPSA) is 113 Å². The number of rotatable bonds is 8. The Balaban J connectivity index is 1.60. The van der Waals surface area contributed by atoms with Crippen LogP contribution in [0.4, 0.5) is 5.95 Å². The highest BCUT2D eigenvalue weighted by Crippen LogP contribution is 2.29. The lowest BCUT2D eigenvalue weighted by Crippen LogP contribution is -2.45. The summed E-state index contributed by atoms with van der Waals surface area (Å²) in [7, 11) is -0.934. The summed E-state index contributed by atoms with van der Waals surface area (Å²) < 4.78 is 21.5. The van der Waals surface area contributed by atoms with Crippen LogP contribution in [0.5, 0.6) is 5.88 Å². The van der Waals surface area contributed by atoms with E-state index in [0.29, 0.717) is 35.7 Å². The Kier molecular flexibility index (Phi) is 6.28. The van der Waals surface area contributed by atoms with E-state index in [-0.39, 0.29) is 6.04 Å². The van der Waals surface area contributed by atoms with Crippen molar-refractivity contribution in [3.05, 3.63) is 18.6 Å². The van der Waals surface area contributed by atoms with Gasteiger partial charge in [-0.25, -0.2) is 13.5 Å². The zero-order valence-electron chi connectivity index (χ0n) is 17.5. The summed E-state index contributed by atoms with van der Waals surface area (Å²) in [4.78, 5) is 9.16. The molecule has 30 heavy (non-hydrogen) atoms. The number of ether oxygens (including phenoxy) is 1. The van der Waals surface area contributed by atoms with Crippen molar-refractivity contribution in [1.29, 1.82) is 0 Å². The highest BCUT2D eigenvalue weighted by Gasteiger charge is 2.28. The van der Waals surface area contributed by atoms with Crippen molar-refractivity contribution < 1.29 is 8.95 Å². The maximum Gasteiger partial charge on any atom is 0.244 e. The van der Waals surface area contributed by atoms with Gasteiger partial charge in [-0.05, 0) is 18.8 Å². The molecule has 162 valence electrons. The van der Waals surface area contributed by atoms with E-state index in [0.717, 1.165) is 37.9 Å². The second kappa shape index (κ2) is 9.09. The number of nitrogens with zero attached hydrogens (tertiary/aromatic N) is 6. The third-order valence-electron chi connectivity index (χ3n) is 5.39. The maximum absolute atomic E-state index is 11.8. The van der Waals surface area contributed by atoms with Crippen molar-refractivity contribution in [3.63, 3.8) is 0 Å². The average Bonchev–Trinajstić information content (AvgIpc) is 3.39. The van der Waals surface area contributed by atoms with E-state index in [9.17, 15) is 4.21 Å². The van der Waals surface area contributed by atoms with Gasteiger partial charge in [-0.1, -0.05) is 20.3 Å². The first-order valence-corrected chi connectivity index (χ1v) is 11.8. The van der Waals surface area contributed by atoms with Crippen LogP contribution in [-0.4, -0.2) is 70.3 Å². The molecule has 0 saturated carbocycles. The summed E-state index contributed by atoms with van der Waals surface area (Å²) in [6.45, 7) is 6.43. The van der Waals surface area contributed by atoms with Crippen LogP contribution in [0.3, 0.4) is 0 Å². The fraction of sp³-hybridized carbons (Fsp3) is 0.579. The molecule has 1 aliphatic heterocycles. The molecule has 0 aromatic carbocycles. The van der Waals surface area contributed by atoms with Crippen LogP contribution in [0.2, 0.25) is 0 Å². The lowest BCUT2D eigenvalue weighted by Gasteiger charge is -2.35. The molecule has 3 aromatic heterocycles. The number of nitrogens with one attached hydrogen (secondary N) is 2. The molecule has 11 heteroatoms. The lowest BCUT2D eigenvalue weighted by molar-refractivity contribution is 0.271. The molecule has 10 nitrogen and oxygen atoms in total. The molecule has 4 rings (SSSR count). The fourth-order valence-corrected chi connectivity index (χ4v) is 4.45. The van der Waals surface area contributed by atoms with Crippen LogP contribution in [0.25, 0.3) is 16.9 Å². The highest BCUT2D eigenvalue weighted by atomic mass is 32.2. The summed E-state index contributed by atoms with van der Waals surface area (Å²) in [5, 5.41) is 15.0. The van der Waals surface area contributed by atoms with Gasteiger partial charge in [0.1, 0.15) is 5.69 Å². The molecule has 0 spiro atoms. The Morgan fingerprint density at radius 2 is 2.27 bits per heavy atom. The van der Waals surface area contributed by atoms with Crippen molar-refractivity contribution in [1.82, 2.24) is 34.1 Å². The van der Waals surface area contributed by atoms with Crippen molar-refractivity contribution in [2.45, 2.75) is 39.2 Å². The van der Waals surface area contributed by atoms with Crippen LogP contribution in [-0.2, 0) is 11.0 Å². The monoisotopic (exact) mass is 432 g/mol. The Labute approximate surface area is 178 Å². The zero-order chi connectivity index (χ0) is 21.1. The second-order valence-electron chi connectivity index (χ2n) is 7.63. The summed E-state index contributed by atoms with van der Waals surface area (Å²) in [5.41, 5.74) is 2.13. The number of anilines is 1. The minimum Gasteiger partial charge on any atom is -0.476 e. The summed E-state index contributed by atoms with van der Waals surface area (Å²) >= 11 is 0. The number of fused-ring (bicyclic) bond motifs is 1. The van der Waals surface area contributed by atoms with Crippen LogP contribution in [0.15, 0.2) is 18.6 Å². The van der Waals surface area contributed by atoms with Gasteiger partial charge in [0.2, 0.25) is 11.8 Å². The smallest absolute Gasteiger partial charge is 0.244 e. The quantitative estimate of drug-likeness (QED) is 0.524. The first-order valence-electron chi connectivity index (χ1n) is 10.3. The molecule has 1 saturated heterocycles. The minimum atomic E-state index is -0.934. The average molecular weight is 433 g/mol. The Morgan fingerprint density at radius 3 is 2.97 bits per heavy atom. The molecule has 3 unspecified atom stereocenters. The summed E-state index contributed by atoms with van der Waals surface area (Å²) in [6, 6.07) is 0.216. The molecule has 3 aromatic rings. The van der Waals surface area contributed by atoms with Crippen LogP contribution >= 0.6 is 0 Å². The van der Waals surface area contributed by atoms with Crippen molar-refractivity contribution >= 4 is 22.6 Å². The third-order valence-corrected chi connectivity index (χ3v) is 6.45. The Bertz CT molecular complexity index is 1010. The van der Waals surface area contributed by atoms with Crippen molar-refractivity contribution in [3.8, 4) is 17.1 Å². The molecule has 0 amide bonds. The lowest BCUT2D eigenvalue weighted by atomic mass is 9.95. The molecule has 0 bridgehead atoms. The van der Waals surface area contributed by atoms with E-state index in [2.05, 4.69) is 44.4 Å². The Hall–Kier alpha value is -2.53. The Morgan fingerprint density at radius 1 is 1.40 bits per heavy atom. The molecule has 2 N–H and O–H groups in total. The molecule has 0 radical (unpaired) electrons. The predicted octanol–water partition coefficient (Wildman–Crippen LogP) is 2.11. The number of piperidine rings is 1. The van der Waals surface area contributed by atoms with Crippen molar-refractivity contribution in [2.24, 2.45) is 5.92 Å². The number of hydrogen-bond donors (Lipinski definition) is 2. The maximum atomic E-state index is 11.8. The number of unbranched alkanes of at least 4 members (excludes halogenated alkanes) is 1. The minimum absolute atomic E-state index is 0.216. The second-order valence-corrected chi connectivity index (χ2v) is 9.00. The van der Waals surface area contributed by atoms with Crippen LogP contribution in [0.1, 0.15) is 33.1 Å². The first kappa shape index (κ1) is 20.7. The largest absolute Gasteiger partial charge is 0.476 e. The molecule has 4 heterocycles. The molecular weight excluding hydrogens is 404 g/mol. The molecular formula is C19H28N8O2S. The van der Waals surface area contributed by atoms with Gasteiger partial charge in [0.15, 0.2) is 5.65 Å². The van der Waals surface area contributed by atoms with Gasteiger partial charge in [0.05, 0.1) is 30.0 Å². The molecule has 1 fully saturated rings.